The fourth-order valence-electron chi connectivity index (χ4n) is 2.32. The molecule has 0 aliphatic carbocycles. The van der Waals surface area contributed by atoms with E-state index in [-0.39, 0.29) is 0 Å². The summed E-state index contributed by atoms with van der Waals surface area (Å²) in [6.45, 7) is 5.46. The maximum atomic E-state index is 9.31. The van der Waals surface area contributed by atoms with Gasteiger partial charge in [0.2, 0.25) is 0 Å². The van der Waals surface area contributed by atoms with Gasteiger partial charge in [-0.2, -0.15) is 0 Å². The van der Waals surface area contributed by atoms with Crippen LogP contribution in [0.25, 0.3) is 0 Å². The zero-order valence-corrected chi connectivity index (χ0v) is 15.7. The molecule has 0 saturated carbocycles. The maximum Gasteiger partial charge on any atom is 0.115 e. The minimum atomic E-state index is 0.318. The molecular formula is C19H25NO2S2. The van der Waals surface area contributed by atoms with E-state index in [1.807, 2.05) is 47.8 Å². The number of thioether (sulfide) groups is 2. The second-order valence-electron chi connectivity index (χ2n) is 5.53. The Morgan fingerprint density at radius 3 is 1.50 bits per heavy atom. The van der Waals surface area contributed by atoms with Gasteiger partial charge in [-0.1, -0.05) is 6.92 Å². The van der Waals surface area contributed by atoms with Gasteiger partial charge in [0, 0.05) is 34.4 Å². The third-order valence-electron chi connectivity index (χ3n) is 3.57. The summed E-state index contributed by atoms with van der Waals surface area (Å²) in [6, 6.07) is 14.8. The molecule has 0 aliphatic rings. The van der Waals surface area contributed by atoms with Crippen molar-refractivity contribution in [2.45, 2.75) is 23.1 Å². The largest absolute Gasteiger partial charge is 0.508 e. The van der Waals surface area contributed by atoms with Crippen molar-refractivity contribution in [2.75, 3.05) is 31.1 Å². The predicted molar refractivity (Wildman–Crippen MR) is 104 cm³/mol. The molecule has 0 atom stereocenters. The third kappa shape index (κ3) is 7.07. The van der Waals surface area contributed by atoms with Crippen LogP contribution in [-0.4, -0.2) is 46.3 Å². The molecule has 5 heteroatoms. The lowest BCUT2D eigenvalue weighted by Gasteiger charge is -2.21. The molecule has 3 nitrogen and oxygen atoms in total. The van der Waals surface area contributed by atoms with E-state index in [1.54, 1.807) is 24.3 Å². The lowest BCUT2D eigenvalue weighted by molar-refractivity contribution is 0.310. The van der Waals surface area contributed by atoms with Crippen LogP contribution in [0, 0.1) is 0 Å². The Morgan fingerprint density at radius 2 is 1.12 bits per heavy atom. The van der Waals surface area contributed by atoms with Crippen LogP contribution >= 0.6 is 23.5 Å². The van der Waals surface area contributed by atoms with E-state index < -0.39 is 0 Å². The molecule has 0 spiro atoms. The maximum absolute atomic E-state index is 9.31. The van der Waals surface area contributed by atoms with E-state index in [4.69, 9.17) is 0 Å². The Balaban J connectivity index is 1.70. The van der Waals surface area contributed by atoms with Gasteiger partial charge in [0.25, 0.3) is 0 Å². The molecule has 2 rings (SSSR count). The van der Waals surface area contributed by atoms with Crippen molar-refractivity contribution in [1.29, 1.82) is 0 Å². The Hall–Kier alpha value is -1.30. The molecular weight excluding hydrogens is 338 g/mol. The van der Waals surface area contributed by atoms with Crippen LogP contribution in [0.15, 0.2) is 58.3 Å². The third-order valence-corrected chi connectivity index (χ3v) is 5.55. The van der Waals surface area contributed by atoms with E-state index >= 15 is 0 Å². The van der Waals surface area contributed by atoms with Gasteiger partial charge in [0.1, 0.15) is 11.5 Å². The number of rotatable bonds is 10. The van der Waals surface area contributed by atoms with Crippen molar-refractivity contribution in [3.63, 3.8) is 0 Å². The number of phenols is 2. The highest BCUT2D eigenvalue weighted by atomic mass is 32.2. The molecule has 0 amide bonds. The molecule has 0 bridgehead atoms. The van der Waals surface area contributed by atoms with E-state index in [1.165, 1.54) is 9.79 Å². The van der Waals surface area contributed by atoms with Gasteiger partial charge in [-0.05, 0) is 61.5 Å². The van der Waals surface area contributed by atoms with Gasteiger partial charge in [0.05, 0.1) is 0 Å². The Labute approximate surface area is 153 Å². The summed E-state index contributed by atoms with van der Waals surface area (Å²) in [5.74, 6) is 2.74. The normalized spacial score (nSPS) is 11.1. The van der Waals surface area contributed by atoms with Crippen LogP contribution in [0.5, 0.6) is 11.5 Å². The molecule has 2 aromatic rings. The summed E-state index contributed by atoms with van der Waals surface area (Å²) in [4.78, 5) is 4.89. The summed E-state index contributed by atoms with van der Waals surface area (Å²) in [5, 5.41) is 18.6. The van der Waals surface area contributed by atoms with Crippen LogP contribution in [0.3, 0.4) is 0 Å². The average Bonchev–Trinajstić information content (AvgIpc) is 2.58. The van der Waals surface area contributed by atoms with Crippen LogP contribution in [0.4, 0.5) is 0 Å². The molecule has 0 fully saturated rings. The van der Waals surface area contributed by atoms with E-state index in [9.17, 15) is 10.2 Å². The van der Waals surface area contributed by atoms with Gasteiger partial charge in [-0.25, -0.2) is 0 Å². The lowest BCUT2D eigenvalue weighted by atomic mass is 10.3. The van der Waals surface area contributed by atoms with Crippen LogP contribution < -0.4 is 0 Å². The van der Waals surface area contributed by atoms with Crippen molar-refractivity contribution >= 4 is 23.5 Å². The van der Waals surface area contributed by atoms with Crippen LogP contribution in [0.1, 0.15) is 13.3 Å². The highest BCUT2D eigenvalue weighted by Gasteiger charge is 2.05. The van der Waals surface area contributed by atoms with Crippen molar-refractivity contribution < 1.29 is 10.2 Å². The smallest absolute Gasteiger partial charge is 0.115 e. The summed E-state index contributed by atoms with van der Waals surface area (Å²) in [5.41, 5.74) is 0. The fourth-order valence-corrected chi connectivity index (χ4v) is 4.15. The average molecular weight is 364 g/mol. The van der Waals surface area contributed by atoms with Gasteiger partial charge < -0.3 is 15.1 Å². The lowest BCUT2D eigenvalue weighted by Crippen LogP contribution is -2.29. The quantitative estimate of drug-likeness (QED) is 0.599. The Kier molecular flexibility index (Phi) is 8.36. The molecule has 0 radical (unpaired) electrons. The number of hydrogen-bond acceptors (Lipinski definition) is 5. The molecule has 0 aliphatic heterocycles. The Morgan fingerprint density at radius 1 is 0.708 bits per heavy atom. The number of aromatic hydroxyl groups is 2. The van der Waals surface area contributed by atoms with Gasteiger partial charge >= 0.3 is 0 Å². The monoisotopic (exact) mass is 363 g/mol. The SMILES string of the molecule is CCCN(CCSc1ccc(O)cc1)CCSc1ccc(O)cc1. The molecule has 0 heterocycles. The minimum absolute atomic E-state index is 0.318. The van der Waals surface area contributed by atoms with Crippen molar-refractivity contribution in [1.82, 2.24) is 4.90 Å². The minimum Gasteiger partial charge on any atom is -0.508 e. The molecule has 130 valence electrons. The standard InChI is InChI=1S/C19H25NO2S2/c1-2-11-20(12-14-23-18-7-3-16(21)4-8-18)13-15-24-19-9-5-17(22)6-10-19/h3-10,21-22H,2,11-15H2,1H3. The number of nitrogens with zero attached hydrogens (tertiary/aromatic N) is 1. The van der Waals surface area contributed by atoms with E-state index in [0.717, 1.165) is 37.6 Å². The summed E-state index contributed by atoms with van der Waals surface area (Å²) in [6.07, 6.45) is 1.16. The molecule has 2 N–H and O–H groups in total. The summed E-state index contributed by atoms with van der Waals surface area (Å²) in [7, 11) is 0. The van der Waals surface area contributed by atoms with E-state index in [2.05, 4.69) is 11.8 Å². The first-order valence-electron chi connectivity index (χ1n) is 8.23. The van der Waals surface area contributed by atoms with Crippen molar-refractivity contribution in [2.24, 2.45) is 0 Å². The van der Waals surface area contributed by atoms with Crippen LogP contribution in [-0.2, 0) is 0 Å². The fraction of sp³-hybridized carbons (Fsp3) is 0.368. The van der Waals surface area contributed by atoms with Gasteiger partial charge in [0.15, 0.2) is 0 Å². The van der Waals surface area contributed by atoms with Crippen molar-refractivity contribution in [3.8, 4) is 11.5 Å². The molecule has 2 aromatic carbocycles. The second kappa shape index (κ2) is 10.5. The zero-order valence-electron chi connectivity index (χ0n) is 14.0. The predicted octanol–water partition coefficient (Wildman–Crippen LogP) is 4.69. The Bertz CT molecular complexity index is 536. The molecule has 0 aromatic heterocycles. The zero-order chi connectivity index (χ0) is 17.2. The topological polar surface area (TPSA) is 43.7 Å². The second-order valence-corrected chi connectivity index (χ2v) is 7.86. The first-order valence-corrected chi connectivity index (χ1v) is 10.2. The molecule has 24 heavy (non-hydrogen) atoms. The van der Waals surface area contributed by atoms with Gasteiger partial charge in [-0.3, -0.25) is 0 Å². The van der Waals surface area contributed by atoms with Crippen LogP contribution in [0.2, 0.25) is 0 Å². The highest BCUT2D eigenvalue weighted by molar-refractivity contribution is 7.99. The van der Waals surface area contributed by atoms with Gasteiger partial charge in [-0.15, -0.1) is 23.5 Å². The summed E-state index contributed by atoms with van der Waals surface area (Å²) >= 11 is 3.65. The molecule has 0 unspecified atom stereocenters. The number of phenolic OH excluding ortho intramolecular Hbond substituents is 2. The molecule has 0 saturated heterocycles. The first-order chi connectivity index (χ1) is 11.7. The van der Waals surface area contributed by atoms with Crippen molar-refractivity contribution in [3.05, 3.63) is 48.5 Å². The highest BCUT2D eigenvalue weighted by Crippen LogP contribution is 2.22. The summed E-state index contributed by atoms with van der Waals surface area (Å²) < 4.78 is 0. The first kappa shape index (κ1) is 19.0. The number of hydrogen-bond donors (Lipinski definition) is 2. The number of benzene rings is 2. The van der Waals surface area contributed by atoms with E-state index in [0.29, 0.717) is 11.5 Å².